The average molecular weight is 278 g/mol. The first-order valence-corrected chi connectivity index (χ1v) is 8.12. The lowest BCUT2D eigenvalue weighted by molar-refractivity contribution is 0.394. The number of benzene rings is 1. The molecular formula is C17H24ClN. The highest BCUT2D eigenvalue weighted by molar-refractivity contribution is 6.30. The van der Waals surface area contributed by atoms with Gasteiger partial charge >= 0.3 is 0 Å². The van der Waals surface area contributed by atoms with Crippen LogP contribution in [-0.2, 0) is 12.8 Å². The fraction of sp³-hybridized carbons (Fsp3) is 0.647. The van der Waals surface area contributed by atoms with Gasteiger partial charge < -0.3 is 5.32 Å². The van der Waals surface area contributed by atoms with Gasteiger partial charge in [0.15, 0.2) is 0 Å². The van der Waals surface area contributed by atoms with E-state index in [1.165, 1.54) is 49.7 Å². The highest BCUT2D eigenvalue weighted by atomic mass is 35.5. The highest BCUT2D eigenvalue weighted by Crippen LogP contribution is 2.28. The zero-order valence-electron chi connectivity index (χ0n) is 11.8. The van der Waals surface area contributed by atoms with E-state index in [0.29, 0.717) is 6.04 Å². The summed E-state index contributed by atoms with van der Waals surface area (Å²) in [6.07, 6.45) is 9.25. The normalized spacial score (nSPS) is 30.9. The molecule has 104 valence electrons. The summed E-state index contributed by atoms with van der Waals surface area (Å²) in [6, 6.07) is 7.74. The van der Waals surface area contributed by atoms with Crippen molar-refractivity contribution >= 4 is 11.6 Å². The summed E-state index contributed by atoms with van der Waals surface area (Å²) in [7, 11) is 0. The maximum atomic E-state index is 6.08. The van der Waals surface area contributed by atoms with Gasteiger partial charge in [-0.15, -0.1) is 0 Å². The lowest BCUT2D eigenvalue weighted by Crippen LogP contribution is -2.38. The minimum atomic E-state index is 0.631. The van der Waals surface area contributed by atoms with Crippen LogP contribution in [0.4, 0.5) is 0 Å². The standard InChI is InChI=1S/C17H24ClN/c1-12-3-2-4-16(8-5-12)19-17-10-13-6-7-15(18)9-14(13)11-17/h6-7,9,12,16-17,19H,2-5,8,10-11H2,1H3. The van der Waals surface area contributed by atoms with Crippen molar-refractivity contribution in [2.45, 2.75) is 64.0 Å². The molecule has 3 rings (SSSR count). The van der Waals surface area contributed by atoms with Crippen LogP contribution >= 0.6 is 11.6 Å². The number of hydrogen-bond donors (Lipinski definition) is 1. The van der Waals surface area contributed by atoms with E-state index in [9.17, 15) is 0 Å². The predicted octanol–water partition coefficient (Wildman–Crippen LogP) is 4.37. The first kappa shape index (κ1) is 13.5. The van der Waals surface area contributed by atoms with E-state index in [2.05, 4.69) is 24.4 Å². The van der Waals surface area contributed by atoms with Crippen LogP contribution in [0.3, 0.4) is 0 Å². The third-order valence-electron chi connectivity index (χ3n) is 4.83. The smallest absolute Gasteiger partial charge is 0.0408 e. The molecule has 19 heavy (non-hydrogen) atoms. The Morgan fingerprint density at radius 2 is 1.84 bits per heavy atom. The molecule has 2 aliphatic rings. The van der Waals surface area contributed by atoms with Crippen molar-refractivity contribution in [3.05, 3.63) is 34.3 Å². The van der Waals surface area contributed by atoms with Gasteiger partial charge in [0.1, 0.15) is 0 Å². The average Bonchev–Trinajstić information content (AvgIpc) is 2.65. The van der Waals surface area contributed by atoms with E-state index in [-0.39, 0.29) is 0 Å². The molecule has 0 aliphatic heterocycles. The van der Waals surface area contributed by atoms with Gasteiger partial charge in [-0.25, -0.2) is 0 Å². The lowest BCUT2D eigenvalue weighted by atomic mass is 10.0. The summed E-state index contributed by atoms with van der Waals surface area (Å²) in [5.41, 5.74) is 2.94. The summed E-state index contributed by atoms with van der Waals surface area (Å²) in [6.45, 7) is 2.40. The number of nitrogens with one attached hydrogen (secondary N) is 1. The summed E-state index contributed by atoms with van der Waals surface area (Å²) in [5.74, 6) is 0.923. The second-order valence-electron chi connectivity index (χ2n) is 6.50. The van der Waals surface area contributed by atoms with E-state index >= 15 is 0 Å². The maximum absolute atomic E-state index is 6.08. The molecule has 1 saturated carbocycles. The van der Waals surface area contributed by atoms with Gasteiger partial charge in [0, 0.05) is 17.1 Å². The topological polar surface area (TPSA) is 12.0 Å². The number of halogens is 1. The molecule has 1 N–H and O–H groups in total. The van der Waals surface area contributed by atoms with Crippen LogP contribution in [-0.4, -0.2) is 12.1 Å². The Morgan fingerprint density at radius 1 is 1.00 bits per heavy atom. The minimum Gasteiger partial charge on any atom is -0.311 e. The summed E-state index contributed by atoms with van der Waals surface area (Å²) >= 11 is 6.08. The minimum absolute atomic E-state index is 0.631. The largest absolute Gasteiger partial charge is 0.311 e. The predicted molar refractivity (Wildman–Crippen MR) is 81.8 cm³/mol. The lowest BCUT2D eigenvalue weighted by Gasteiger charge is -2.21. The first-order chi connectivity index (χ1) is 9.20. The summed E-state index contributed by atoms with van der Waals surface area (Å²) in [5, 5.41) is 4.78. The van der Waals surface area contributed by atoms with Crippen LogP contribution in [0.15, 0.2) is 18.2 Å². The monoisotopic (exact) mass is 277 g/mol. The van der Waals surface area contributed by atoms with Crippen LogP contribution in [0.2, 0.25) is 5.02 Å². The second kappa shape index (κ2) is 5.85. The molecule has 0 spiro atoms. The molecule has 2 heteroatoms. The molecule has 1 aromatic rings. The molecule has 0 saturated heterocycles. The molecular weight excluding hydrogens is 254 g/mol. The molecule has 1 nitrogen and oxygen atoms in total. The van der Waals surface area contributed by atoms with Crippen molar-refractivity contribution in [2.24, 2.45) is 5.92 Å². The van der Waals surface area contributed by atoms with Gasteiger partial charge in [-0.05, 0) is 61.3 Å². The molecule has 1 fully saturated rings. The van der Waals surface area contributed by atoms with Crippen molar-refractivity contribution in [3.8, 4) is 0 Å². The Bertz CT molecular complexity index is 443. The molecule has 3 atom stereocenters. The van der Waals surface area contributed by atoms with Gasteiger partial charge in [-0.1, -0.05) is 37.4 Å². The highest BCUT2D eigenvalue weighted by Gasteiger charge is 2.25. The van der Waals surface area contributed by atoms with Crippen molar-refractivity contribution in [1.29, 1.82) is 0 Å². The van der Waals surface area contributed by atoms with Crippen molar-refractivity contribution in [2.75, 3.05) is 0 Å². The number of fused-ring (bicyclic) bond motifs is 1. The van der Waals surface area contributed by atoms with Crippen LogP contribution in [0.5, 0.6) is 0 Å². The van der Waals surface area contributed by atoms with Crippen LogP contribution in [0.1, 0.15) is 50.2 Å². The Kier molecular flexibility index (Phi) is 4.14. The van der Waals surface area contributed by atoms with E-state index in [4.69, 9.17) is 11.6 Å². The Balaban J connectivity index is 1.58. The summed E-state index contributed by atoms with van der Waals surface area (Å²) in [4.78, 5) is 0. The van der Waals surface area contributed by atoms with E-state index < -0.39 is 0 Å². The SMILES string of the molecule is CC1CCCC(NC2Cc3ccc(Cl)cc3C2)CC1. The molecule has 1 aromatic carbocycles. The molecule has 0 radical (unpaired) electrons. The molecule has 3 unspecified atom stereocenters. The van der Waals surface area contributed by atoms with Crippen molar-refractivity contribution in [1.82, 2.24) is 5.32 Å². The van der Waals surface area contributed by atoms with Crippen LogP contribution < -0.4 is 5.32 Å². The third-order valence-corrected chi connectivity index (χ3v) is 5.06. The second-order valence-corrected chi connectivity index (χ2v) is 6.93. The summed E-state index contributed by atoms with van der Waals surface area (Å²) < 4.78 is 0. The molecule has 0 heterocycles. The van der Waals surface area contributed by atoms with E-state index in [1.807, 2.05) is 6.07 Å². The van der Waals surface area contributed by atoms with Gasteiger partial charge in [0.25, 0.3) is 0 Å². The van der Waals surface area contributed by atoms with Gasteiger partial charge in [0.2, 0.25) is 0 Å². The van der Waals surface area contributed by atoms with E-state index in [0.717, 1.165) is 23.4 Å². The fourth-order valence-corrected chi connectivity index (χ4v) is 3.89. The first-order valence-electron chi connectivity index (χ1n) is 7.74. The maximum Gasteiger partial charge on any atom is 0.0408 e. The zero-order chi connectivity index (χ0) is 13.2. The van der Waals surface area contributed by atoms with E-state index in [1.54, 1.807) is 0 Å². The molecule has 0 aromatic heterocycles. The zero-order valence-corrected chi connectivity index (χ0v) is 12.5. The van der Waals surface area contributed by atoms with Crippen LogP contribution in [0, 0.1) is 5.92 Å². The van der Waals surface area contributed by atoms with Crippen molar-refractivity contribution < 1.29 is 0 Å². The Labute approximate surface area is 121 Å². The molecule has 0 bridgehead atoms. The van der Waals surface area contributed by atoms with Gasteiger partial charge in [-0.2, -0.15) is 0 Å². The molecule has 0 amide bonds. The Morgan fingerprint density at radius 3 is 2.74 bits per heavy atom. The number of rotatable bonds is 2. The van der Waals surface area contributed by atoms with Crippen molar-refractivity contribution in [3.63, 3.8) is 0 Å². The van der Waals surface area contributed by atoms with Gasteiger partial charge in [-0.3, -0.25) is 0 Å². The number of hydrogen-bond acceptors (Lipinski definition) is 1. The third kappa shape index (κ3) is 3.32. The van der Waals surface area contributed by atoms with Gasteiger partial charge in [0.05, 0.1) is 0 Å². The fourth-order valence-electron chi connectivity index (χ4n) is 3.69. The van der Waals surface area contributed by atoms with Crippen LogP contribution in [0.25, 0.3) is 0 Å². The Hall–Kier alpha value is -0.530. The quantitative estimate of drug-likeness (QED) is 0.792. The molecule has 2 aliphatic carbocycles.